The summed E-state index contributed by atoms with van der Waals surface area (Å²) < 4.78 is 31.3. The molecule has 9 nitrogen and oxygen atoms in total. The highest BCUT2D eigenvalue weighted by atomic mass is 19.3. The van der Waals surface area contributed by atoms with Gasteiger partial charge in [-0.3, -0.25) is 14.1 Å². The summed E-state index contributed by atoms with van der Waals surface area (Å²) in [4.78, 5) is 26.6. The maximum absolute atomic E-state index is 13.3. The number of imidazole rings is 1. The predicted molar refractivity (Wildman–Crippen MR) is 150 cm³/mol. The van der Waals surface area contributed by atoms with E-state index < -0.39 is 6.61 Å². The number of piperazine rings is 1. The van der Waals surface area contributed by atoms with Gasteiger partial charge in [0.15, 0.2) is 11.5 Å². The number of nitrogens with zero attached hydrogens (tertiary/aromatic N) is 5. The van der Waals surface area contributed by atoms with Crippen LogP contribution in [0.5, 0.6) is 5.75 Å². The molecule has 0 radical (unpaired) electrons. The van der Waals surface area contributed by atoms with Gasteiger partial charge in [-0.15, -0.1) is 0 Å². The third-order valence-corrected chi connectivity index (χ3v) is 7.09. The van der Waals surface area contributed by atoms with Crippen LogP contribution in [0.3, 0.4) is 0 Å². The van der Waals surface area contributed by atoms with Gasteiger partial charge in [-0.1, -0.05) is 0 Å². The molecular formula is C29H33F2N7O2. The standard InChI is InChI=1S/C29H33F2N7O2/c1-3-37(17-16-36-13-10-32-11-14-36)28(39)24-9-6-22(18-20(24)2)35-26-27-34-19-25(38(27)15-12-33-26)21-4-7-23(8-5-21)40-29(30)31/h4-9,12,15,18-19,29,32H,3,10-11,13-14,16-17H2,1-2H3,(H,33,35). The summed E-state index contributed by atoms with van der Waals surface area (Å²) >= 11 is 0. The van der Waals surface area contributed by atoms with Crippen LogP contribution in [0.15, 0.2) is 61.1 Å². The number of hydrogen-bond acceptors (Lipinski definition) is 7. The first-order valence-corrected chi connectivity index (χ1v) is 13.4. The van der Waals surface area contributed by atoms with Gasteiger partial charge in [0.2, 0.25) is 0 Å². The Morgan fingerprint density at radius 2 is 1.93 bits per heavy atom. The van der Waals surface area contributed by atoms with Gasteiger partial charge in [0.1, 0.15) is 5.75 Å². The average molecular weight is 550 g/mol. The fourth-order valence-electron chi connectivity index (χ4n) is 4.92. The Kier molecular flexibility index (Phi) is 8.51. The predicted octanol–water partition coefficient (Wildman–Crippen LogP) is 4.42. The van der Waals surface area contributed by atoms with Gasteiger partial charge in [-0.05, 0) is 61.9 Å². The molecule has 0 unspecified atom stereocenters. The average Bonchev–Trinajstić information content (AvgIpc) is 3.39. The number of aromatic nitrogens is 3. The van der Waals surface area contributed by atoms with Crippen molar-refractivity contribution in [2.75, 3.05) is 51.1 Å². The minimum Gasteiger partial charge on any atom is -0.435 e. The van der Waals surface area contributed by atoms with E-state index in [4.69, 9.17) is 0 Å². The van der Waals surface area contributed by atoms with Gasteiger partial charge in [0.05, 0.1) is 11.9 Å². The third kappa shape index (κ3) is 6.21. The molecule has 5 rings (SSSR count). The van der Waals surface area contributed by atoms with Crippen LogP contribution in [0.1, 0.15) is 22.8 Å². The molecule has 0 aliphatic carbocycles. The second kappa shape index (κ2) is 12.4. The molecule has 0 atom stereocenters. The number of ether oxygens (including phenoxy) is 1. The monoisotopic (exact) mass is 549 g/mol. The summed E-state index contributed by atoms with van der Waals surface area (Å²) in [6.07, 6.45) is 5.16. The number of hydrogen-bond donors (Lipinski definition) is 2. The van der Waals surface area contributed by atoms with Crippen LogP contribution in [0.4, 0.5) is 20.3 Å². The molecule has 40 heavy (non-hydrogen) atoms. The number of rotatable bonds is 10. The van der Waals surface area contributed by atoms with Crippen LogP contribution in [0, 0.1) is 6.92 Å². The van der Waals surface area contributed by atoms with E-state index >= 15 is 0 Å². The van der Waals surface area contributed by atoms with Crippen molar-refractivity contribution in [3.8, 4) is 17.0 Å². The molecule has 1 fully saturated rings. The van der Waals surface area contributed by atoms with Crippen LogP contribution in [-0.2, 0) is 0 Å². The molecule has 1 amide bonds. The van der Waals surface area contributed by atoms with Crippen molar-refractivity contribution in [2.45, 2.75) is 20.5 Å². The molecule has 4 aromatic rings. The van der Waals surface area contributed by atoms with Crippen molar-refractivity contribution < 1.29 is 18.3 Å². The SMILES string of the molecule is CCN(CCN1CCNCC1)C(=O)c1ccc(Nc2nccn3c(-c4ccc(OC(F)F)cc4)cnc23)cc1C. The molecule has 0 saturated carbocycles. The van der Waals surface area contributed by atoms with E-state index in [0.29, 0.717) is 30.1 Å². The number of likely N-dealkylation sites (N-methyl/N-ethyl adjacent to an activating group) is 1. The molecule has 1 saturated heterocycles. The second-order valence-corrected chi connectivity index (χ2v) is 9.65. The van der Waals surface area contributed by atoms with E-state index in [1.807, 2.05) is 41.3 Å². The molecule has 3 heterocycles. The van der Waals surface area contributed by atoms with Crippen molar-refractivity contribution in [1.82, 2.24) is 29.5 Å². The summed E-state index contributed by atoms with van der Waals surface area (Å²) in [5, 5.41) is 6.68. The minimum atomic E-state index is -2.87. The highest BCUT2D eigenvalue weighted by molar-refractivity contribution is 5.96. The van der Waals surface area contributed by atoms with Crippen molar-refractivity contribution in [2.24, 2.45) is 0 Å². The fourth-order valence-corrected chi connectivity index (χ4v) is 4.92. The number of alkyl halides is 2. The first-order chi connectivity index (χ1) is 19.4. The van der Waals surface area contributed by atoms with E-state index in [0.717, 1.165) is 55.2 Å². The number of carbonyl (C=O) groups excluding carboxylic acids is 1. The molecule has 1 aliphatic heterocycles. The number of aryl methyl sites for hydroxylation is 1. The van der Waals surface area contributed by atoms with Gasteiger partial charge in [-0.25, -0.2) is 9.97 Å². The number of fused-ring (bicyclic) bond motifs is 1. The second-order valence-electron chi connectivity index (χ2n) is 9.65. The van der Waals surface area contributed by atoms with E-state index in [9.17, 15) is 13.6 Å². The largest absolute Gasteiger partial charge is 0.435 e. The Labute approximate surface area is 231 Å². The lowest BCUT2D eigenvalue weighted by Crippen LogP contribution is -2.47. The first-order valence-electron chi connectivity index (χ1n) is 13.4. The van der Waals surface area contributed by atoms with Gasteiger partial charge in [0, 0.05) is 75.0 Å². The molecule has 1 aliphatic rings. The molecule has 2 aromatic heterocycles. The highest BCUT2D eigenvalue weighted by Crippen LogP contribution is 2.28. The molecule has 0 bridgehead atoms. The van der Waals surface area contributed by atoms with Crippen LogP contribution in [0.2, 0.25) is 0 Å². The lowest BCUT2D eigenvalue weighted by atomic mass is 10.1. The summed E-state index contributed by atoms with van der Waals surface area (Å²) in [5.41, 5.74) is 4.52. The van der Waals surface area contributed by atoms with Gasteiger partial charge >= 0.3 is 6.61 Å². The molecular weight excluding hydrogens is 516 g/mol. The minimum absolute atomic E-state index is 0.0322. The van der Waals surface area contributed by atoms with Crippen LogP contribution < -0.4 is 15.4 Å². The summed E-state index contributed by atoms with van der Waals surface area (Å²) in [6.45, 7) is 7.29. The maximum atomic E-state index is 13.3. The lowest BCUT2D eigenvalue weighted by molar-refractivity contribution is -0.0498. The molecule has 210 valence electrons. The highest BCUT2D eigenvalue weighted by Gasteiger charge is 2.19. The normalized spacial score (nSPS) is 14.0. The Morgan fingerprint density at radius 3 is 2.62 bits per heavy atom. The Bertz CT molecular complexity index is 1450. The summed E-state index contributed by atoms with van der Waals surface area (Å²) in [6, 6.07) is 12.1. The van der Waals surface area contributed by atoms with Gasteiger partial charge < -0.3 is 20.3 Å². The van der Waals surface area contributed by atoms with Crippen LogP contribution >= 0.6 is 0 Å². The number of nitrogens with one attached hydrogen (secondary N) is 2. The zero-order valence-electron chi connectivity index (χ0n) is 22.6. The van der Waals surface area contributed by atoms with E-state index in [2.05, 4.69) is 30.2 Å². The van der Waals surface area contributed by atoms with E-state index in [1.54, 1.807) is 30.7 Å². The Morgan fingerprint density at radius 1 is 1.15 bits per heavy atom. The third-order valence-electron chi connectivity index (χ3n) is 7.09. The Hall–Kier alpha value is -4.09. The van der Waals surface area contributed by atoms with Crippen molar-refractivity contribution in [3.63, 3.8) is 0 Å². The van der Waals surface area contributed by atoms with Crippen LogP contribution in [0.25, 0.3) is 16.9 Å². The maximum Gasteiger partial charge on any atom is 0.387 e. The molecule has 11 heteroatoms. The lowest BCUT2D eigenvalue weighted by Gasteiger charge is -2.30. The zero-order valence-corrected chi connectivity index (χ0v) is 22.6. The number of halogens is 2. The first kappa shape index (κ1) is 27.5. The fraction of sp³-hybridized carbons (Fsp3) is 0.345. The quantitative estimate of drug-likeness (QED) is 0.303. The summed E-state index contributed by atoms with van der Waals surface area (Å²) in [5.74, 6) is 0.677. The molecule has 0 spiro atoms. The number of carbonyl (C=O) groups is 1. The number of benzene rings is 2. The van der Waals surface area contributed by atoms with Gasteiger partial charge in [0.25, 0.3) is 5.91 Å². The smallest absolute Gasteiger partial charge is 0.387 e. The van der Waals surface area contributed by atoms with Crippen LogP contribution in [-0.4, -0.2) is 82.5 Å². The molecule has 2 aromatic carbocycles. The number of anilines is 2. The van der Waals surface area contributed by atoms with Gasteiger partial charge in [-0.2, -0.15) is 8.78 Å². The van der Waals surface area contributed by atoms with Crippen molar-refractivity contribution in [1.29, 1.82) is 0 Å². The zero-order chi connectivity index (χ0) is 28.1. The Balaban J connectivity index is 1.30. The van der Waals surface area contributed by atoms with E-state index in [1.165, 1.54) is 12.1 Å². The van der Waals surface area contributed by atoms with Crippen molar-refractivity contribution in [3.05, 3.63) is 72.2 Å². The molecule has 2 N–H and O–H groups in total. The summed E-state index contributed by atoms with van der Waals surface area (Å²) in [7, 11) is 0. The van der Waals surface area contributed by atoms with Crippen molar-refractivity contribution >= 4 is 23.1 Å². The van der Waals surface area contributed by atoms with E-state index in [-0.39, 0.29) is 11.7 Å². The number of amides is 1. The topological polar surface area (TPSA) is 87.0 Å².